The summed E-state index contributed by atoms with van der Waals surface area (Å²) in [7, 11) is 0. The molecule has 0 bridgehead atoms. The third-order valence-electron chi connectivity index (χ3n) is 4.57. The van der Waals surface area contributed by atoms with Crippen LogP contribution in [-0.4, -0.2) is 20.9 Å². The van der Waals surface area contributed by atoms with Gasteiger partial charge in [0.1, 0.15) is 16.8 Å². The molecule has 4 aromatic rings. The highest BCUT2D eigenvalue weighted by molar-refractivity contribution is 6.29. The number of benzene rings is 2. The fraction of sp³-hybridized carbons (Fsp3) is 0.0870. The molecule has 0 fully saturated rings. The lowest BCUT2D eigenvalue weighted by atomic mass is 10.1. The maximum atomic E-state index is 13.1. The van der Waals surface area contributed by atoms with Gasteiger partial charge in [-0.15, -0.1) is 0 Å². The molecule has 0 aliphatic rings. The summed E-state index contributed by atoms with van der Waals surface area (Å²) in [6.45, 7) is 2.15. The first-order valence-electron chi connectivity index (χ1n) is 9.30. The third kappa shape index (κ3) is 4.55. The molecule has 30 heavy (non-hydrogen) atoms. The van der Waals surface area contributed by atoms with Crippen LogP contribution in [0.2, 0.25) is 5.15 Å². The van der Waals surface area contributed by atoms with E-state index in [9.17, 15) is 9.18 Å². The summed E-state index contributed by atoms with van der Waals surface area (Å²) < 4.78 is 13.1. The van der Waals surface area contributed by atoms with Crippen molar-refractivity contribution in [3.8, 4) is 22.6 Å². The molecule has 1 amide bonds. The molecule has 2 N–H and O–H groups in total. The average Bonchev–Trinajstić information content (AvgIpc) is 3.22. The lowest BCUT2D eigenvalue weighted by Gasteiger charge is -2.08. The molecule has 150 valence electrons. The Bertz CT molecular complexity index is 1180. The van der Waals surface area contributed by atoms with Crippen molar-refractivity contribution in [2.24, 2.45) is 0 Å². The number of rotatable bonds is 5. The molecule has 0 saturated carbocycles. The van der Waals surface area contributed by atoms with E-state index in [1.165, 1.54) is 12.1 Å². The maximum absolute atomic E-state index is 13.1. The molecule has 0 aliphatic heterocycles. The summed E-state index contributed by atoms with van der Waals surface area (Å²) in [6.07, 6.45) is 1.71. The molecule has 7 heteroatoms. The number of nitrogens with zero attached hydrogens (tertiary/aromatic N) is 2. The standard InChI is InChI=1S/C23H18ClFN4O/c1-14-9-18(11-21(24)28-14)23(30)27-12-15-3-2-4-17(10-15)22-26-13-20(29-22)16-5-7-19(25)8-6-16/h2-11,13H,12H2,1H3,(H,26,29)(H,27,30). The number of imidazole rings is 1. The molecule has 0 aliphatic carbocycles. The molecular weight excluding hydrogens is 403 g/mol. The number of nitrogens with one attached hydrogen (secondary N) is 2. The predicted octanol–water partition coefficient (Wildman–Crippen LogP) is 5.17. The van der Waals surface area contributed by atoms with Crippen LogP contribution in [0.5, 0.6) is 0 Å². The fourth-order valence-corrected chi connectivity index (χ4v) is 3.37. The summed E-state index contributed by atoms with van der Waals surface area (Å²) >= 11 is 5.93. The van der Waals surface area contributed by atoms with Crippen LogP contribution >= 0.6 is 11.6 Å². The first kappa shape index (κ1) is 19.8. The van der Waals surface area contributed by atoms with Gasteiger partial charge in [0, 0.05) is 23.4 Å². The van der Waals surface area contributed by atoms with Crippen molar-refractivity contribution in [3.05, 3.63) is 94.7 Å². The smallest absolute Gasteiger partial charge is 0.251 e. The summed E-state index contributed by atoms with van der Waals surface area (Å²) in [6, 6.07) is 17.2. The Balaban J connectivity index is 1.48. The van der Waals surface area contributed by atoms with E-state index < -0.39 is 0 Å². The van der Waals surface area contributed by atoms with E-state index >= 15 is 0 Å². The zero-order chi connectivity index (χ0) is 21.1. The van der Waals surface area contributed by atoms with Crippen LogP contribution in [0.3, 0.4) is 0 Å². The number of hydrogen-bond donors (Lipinski definition) is 2. The van der Waals surface area contributed by atoms with Gasteiger partial charge in [0.05, 0.1) is 11.9 Å². The minimum Gasteiger partial charge on any atom is -0.348 e. The van der Waals surface area contributed by atoms with Crippen LogP contribution < -0.4 is 5.32 Å². The summed E-state index contributed by atoms with van der Waals surface area (Å²) in [4.78, 5) is 24.2. The van der Waals surface area contributed by atoms with E-state index in [2.05, 4.69) is 20.3 Å². The largest absolute Gasteiger partial charge is 0.348 e. The SMILES string of the molecule is Cc1cc(C(=O)NCc2cccc(-c3ncc(-c4ccc(F)cc4)[nH]3)c2)cc(Cl)n1. The molecule has 0 spiro atoms. The lowest BCUT2D eigenvalue weighted by molar-refractivity contribution is 0.0950. The minimum atomic E-state index is -0.280. The van der Waals surface area contributed by atoms with Crippen LogP contribution in [-0.2, 0) is 6.54 Å². The van der Waals surface area contributed by atoms with Crippen LogP contribution in [0.4, 0.5) is 4.39 Å². The zero-order valence-electron chi connectivity index (χ0n) is 16.1. The molecule has 0 atom stereocenters. The van der Waals surface area contributed by atoms with Gasteiger partial charge < -0.3 is 10.3 Å². The highest BCUT2D eigenvalue weighted by Gasteiger charge is 2.10. The van der Waals surface area contributed by atoms with Gasteiger partial charge in [0.15, 0.2) is 0 Å². The quantitative estimate of drug-likeness (QED) is 0.437. The van der Waals surface area contributed by atoms with Gasteiger partial charge in [-0.1, -0.05) is 29.8 Å². The van der Waals surface area contributed by atoms with Crippen LogP contribution in [0.25, 0.3) is 22.6 Å². The predicted molar refractivity (Wildman–Crippen MR) is 115 cm³/mol. The van der Waals surface area contributed by atoms with Crippen molar-refractivity contribution >= 4 is 17.5 Å². The van der Waals surface area contributed by atoms with Crippen LogP contribution in [0.15, 0.2) is 66.9 Å². The third-order valence-corrected chi connectivity index (χ3v) is 4.76. The molecule has 2 heterocycles. The number of aromatic amines is 1. The Morgan fingerprint density at radius 2 is 1.90 bits per heavy atom. The molecular formula is C23H18ClFN4O. The Kier molecular flexibility index (Phi) is 5.59. The number of halogens is 2. The summed E-state index contributed by atoms with van der Waals surface area (Å²) in [5.41, 5.74) is 4.62. The highest BCUT2D eigenvalue weighted by Crippen LogP contribution is 2.23. The number of H-pyrrole nitrogens is 1. The second-order valence-corrected chi connectivity index (χ2v) is 7.24. The van der Waals surface area contributed by atoms with Gasteiger partial charge in [0.25, 0.3) is 5.91 Å². The van der Waals surface area contributed by atoms with E-state index in [1.54, 1.807) is 37.4 Å². The van der Waals surface area contributed by atoms with E-state index in [4.69, 9.17) is 11.6 Å². The van der Waals surface area contributed by atoms with Gasteiger partial charge in [0.2, 0.25) is 0 Å². The molecule has 5 nitrogen and oxygen atoms in total. The van der Waals surface area contributed by atoms with Crippen molar-refractivity contribution in [1.29, 1.82) is 0 Å². The first-order chi connectivity index (χ1) is 14.5. The fourth-order valence-electron chi connectivity index (χ4n) is 3.12. The number of amides is 1. The number of aryl methyl sites for hydroxylation is 1. The average molecular weight is 421 g/mol. The number of pyridine rings is 1. The van der Waals surface area contributed by atoms with E-state index in [0.29, 0.717) is 23.6 Å². The number of hydrogen-bond acceptors (Lipinski definition) is 3. The van der Waals surface area contributed by atoms with E-state index in [0.717, 1.165) is 22.4 Å². The molecule has 0 unspecified atom stereocenters. The van der Waals surface area contributed by atoms with Crippen LogP contribution in [0.1, 0.15) is 21.6 Å². The number of carbonyl (C=O) groups excluding carboxylic acids is 1. The van der Waals surface area contributed by atoms with Gasteiger partial charge in [-0.25, -0.2) is 14.4 Å². The van der Waals surface area contributed by atoms with E-state index in [1.807, 2.05) is 24.3 Å². The molecule has 2 aromatic heterocycles. The van der Waals surface area contributed by atoms with Gasteiger partial charge in [-0.05, 0) is 60.5 Å². The second-order valence-electron chi connectivity index (χ2n) is 6.86. The summed E-state index contributed by atoms with van der Waals surface area (Å²) in [5, 5.41) is 3.18. The van der Waals surface area contributed by atoms with Crippen molar-refractivity contribution < 1.29 is 9.18 Å². The number of aromatic nitrogens is 3. The van der Waals surface area contributed by atoms with Gasteiger partial charge in [-0.2, -0.15) is 0 Å². The second kappa shape index (κ2) is 8.47. The molecule has 0 radical (unpaired) electrons. The maximum Gasteiger partial charge on any atom is 0.251 e. The van der Waals surface area contributed by atoms with Crippen LogP contribution in [0, 0.1) is 12.7 Å². The van der Waals surface area contributed by atoms with Crippen molar-refractivity contribution in [2.75, 3.05) is 0 Å². The monoisotopic (exact) mass is 420 g/mol. The highest BCUT2D eigenvalue weighted by atomic mass is 35.5. The summed E-state index contributed by atoms with van der Waals surface area (Å²) in [5.74, 6) is 0.195. The minimum absolute atomic E-state index is 0.218. The van der Waals surface area contributed by atoms with Gasteiger partial charge in [-0.3, -0.25) is 4.79 Å². The van der Waals surface area contributed by atoms with Gasteiger partial charge >= 0.3 is 0 Å². The molecule has 0 saturated heterocycles. The molecule has 4 rings (SSSR count). The topological polar surface area (TPSA) is 70.7 Å². The van der Waals surface area contributed by atoms with Crippen molar-refractivity contribution in [2.45, 2.75) is 13.5 Å². The van der Waals surface area contributed by atoms with Crippen molar-refractivity contribution in [1.82, 2.24) is 20.3 Å². The van der Waals surface area contributed by atoms with Crippen molar-refractivity contribution in [3.63, 3.8) is 0 Å². The Hall–Kier alpha value is -3.51. The first-order valence-corrected chi connectivity index (χ1v) is 9.68. The Labute approximate surface area is 178 Å². The van der Waals surface area contributed by atoms with E-state index in [-0.39, 0.29) is 16.9 Å². The number of carbonyl (C=O) groups is 1. The Morgan fingerprint density at radius 1 is 1.10 bits per heavy atom. The molecule has 2 aromatic carbocycles. The lowest BCUT2D eigenvalue weighted by Crippen LogP contribution is -2.23. The normalized spacial score (nSPS) is 10.8. The zero-order valence-corrected chi connectivity index (χ0v) is 16.9. The Morgan fingerprint density at radius 3 is 2.67 bits per heavy atom.